The van der Waals surface area contributed by atoms with Crippen molar-refractivity contribution in [2.75, 3.05) is 25.7 Å². The summed E-state index contributed by atoms with van der Waals surface area (Å²) in [5.41, 5.74) is 0.0950. The molecule has 0 radical (unpaired) electrons. The highest BCUT2D eigenvalue weighted by Crippen LogP contribution is 2.23. The number of thioether (sulfide) groups is 1. The number of nitrogens with zero attached hydrogens (tertiary/aromatic N) is 3. The molecule has 0 fully saturated rings. The third-order valence-corrected chi connectivity index (χ3v) is 5.33. The number of methoxy groups -OCH3 is 1. The van der Waals surface area contributed by atoms with Gasteiger partial charge in [0.2, 0.25) is 0 Å². The van der Waals surface area contributed by atoms with Gasteiger partial charge in [0, 0.05) is 23.9 Å². The molecule has 0 aliphatic carbocycles. The highest BCUT2D eigenvalue weighted by Gasteiger charge is 2.33. The average Bonchev–Trinajstić information content (AvgIpc) is 2.98. The first-order valence-corrected chi connectivity index (χ1v) is 9.48. The van der Waals surface area contributed by atoms with Crippen LogP contribution in [0.4, 0.5) is 0 Å². The summed E-state index contributed by atoms with van der Waals surface area (Å²) in [4.78, 5) is 15.9. The number of hydrogen-bond donors (Lipinski definition) is 0. The number of ether oxygens (including phenoxy) is 1. The molecule has 114 valence electrons. The molecule has 1 aromatic heterocycles. The highest BCUT2D eigenvalue weighted by molar-refractivity contribution is 7.98. The second-order valence-corrected chi connectivity index (χ2v) is 7.28. The lowest BCUT2D eigenvalue weighted by molar-refractivity contribution is -0.137. The minimum Gasteiger partial charge on any atom is -0.464 e. The van der Waals surface area contributed by atoms with Crippen LogP contribution >= 0.6 is 23.1 Å². The number of thiazole rings is 1. The maximum Gasteiger partial charge on any atom is 0.355 e. The predicted molar refractivity (Wildman–Crippen MR) is 82.8 cm³/mol. The zero-order valence-corrected chi connectivity index (χ0v) is 13.8. The summed E-state index contributed by atoms with van der Waals surface area (Å²) in [6.07, 6.45) is 4.79. The first-order chi connectivity index (χ1) is 9.99. The molecule has 7 nitrogen and oxygen atoms in total. The fourth-order valence-electron chi connectivity index (χ4n) is 1.65. The van der Waals surface area contributed by atoms with Crippen LogP contribution in [-0.2, 0) is 19.7 Å². The molecule has 0 atom stereocenters. The fourth-order valence-corrected chi connectivity index (χ4v) is 3.97. The fraction of sp³-hybridized carbons (Fsp3) is 0.364. The highest BCUT2D eigenvalue weighted by atomic mass is 32.2. The normalized spacial score (nSPS) is 17.1. The van der Waals surface area contributed by atoms with Crippen molar-refractivity contribution < 1.29 is 17.9 Å². The third-order valence-electron chi connectivity index (χ3n) is 2.58. The van der Waals surface area contributed by atoms with E-state index in [9.17, 15) is 13.2 Å². The Hall–Kier alpha value is -1.39. The second kappa shape index (κ2) is 6.58. The number of aromatic nitrogens is 1. The van der Waals surface area contributed by atoms with Crippen LogP contribution in [0.2, 0.25) is 0 Å². The first-order valence-electron chi connectivity index (χ1n) is 5.81. The number of rotatable bonds is 5. The van der Waals surface area contributed by atoms with Crippen LogP contribution in [0.15, 0.2) is 27.7 Å². The van der Waals surface area contributed by atoms with Crippen LogP contribution < -0.4 is 0 Å². The van der Waals surface area contributed by atoms with E-state index >= 15 is 0 Å². The van der Waals surface area contributed by atoms with E-state index in [4.69, 9.17) is 0 Å². The standard InChI is InChI=1S/C11H13N3O4S3/c1-18-11(15)9-7-8(10-12-3-5-20-10)13-21(16,17)14(9)4-6-19-2/h3,5,7H,4,6H2,1-2H3. The Kier molecular flexibility index (Phi) is 5.01. The molecule has 1 aromatic rings. The molecule has 0 bridgehead atoms. The third kappa shape index (κ3) is 3.44. The van der Waals surface area contributed by atoms with Crippen molar-refractivity contribution in [2.24, 2.45) is 4.40 Å². The smallest absolute Gasteiger partial charge is 0.355 e. The van der Waals surface area contributed by atoms with E-state index < -0.39 is 16.2 Å². The quantitative estimate of drug-likeness (QED) is 0.736. The average molecular weight is 347 g/mol. The van der Waals surface area contributed by atoms with Crippen molar-refractivity contribution >= 4 is 45.0 Å². The van der Waals surface area contributed by atoms with Crippen LogP contribution in [0.1, 0.15) is 5.01 Å². The molecule has 10 heteroatoms. The maximum absolute atomic E-state index is 12.3. The van der Waals surface area contributed by atoms with Crippen molar-refractivity contribution in [1.82, 2.24) is 9.29 Å². The number of carbonyl (C=O) groups is 1. The van der Waals surface area contributed by atoms with Crippen LogP contribution in [0.25, 0.3) is 0 Å². The van der Waals surface area contributed by atoms with Gasteiger partial charge < -0.3 is 4.74 Å². The molecular formula is C11H13N3O4S3. The summed E-state index contributed by atoms with van der Waals surface area (Å²) in [7, 11) is -2.76. The molecule has 0 amide bonds. The monoisotopic (exact) mass is 347 g/mol. The number of carbonyl (C=O) groups excluding carboxylic acids is 1. The topological polar surface area (TPSA) is 88.9 Å². The van der Waals surface area contributed by atoms with Crippen molar-refractivity contribution in [3.05, 3.63) is 28.4 Å². The van der Waals surface area contributed by atoms with Gasteiger partial charge in [-0.1, -0.05) is 0 Å². The molecule has 0 saturated carbocycles. The zero-order chi connectivity index (χ0) is 15.5. The Balaban J connectivity index is 2.47. The summed E-state index contributed by atoms with van der Waals surface area (Å²) >= 11 is 2.72. The van der Waals surface area contributed by atoms with Gasteiger partial charge in [-0.05, 0) is 12.3 Å². The minimum absolute atomic E-state index is 0.0493. The SMILES string of the molecule is COC(=O)C1=CC(c2nccs2)=NS(=O)(=O)N1CCSC. The maximum atomic E-state index is 12.3. The van der Waals surface area contributed by atoms with E-state index in [1.54, 1.807) is 11.6 Å². The van der Waals surface area contributed by atoms with E-state index in [0.29, 0.717) is 10.8 Å². The van der Waals surface area contributed by atoms with Crippen molar-refractivity contribution in [3.63, 3.8) is 0 Å². The first kappa shape index (κ1) is 16.0. The van der Waals surface area contributed by atoms with Gasteiger partial charge in [-0.25, -0.2) is 14.1 Å². The van der Waals surface area contributed by atoms with Crippen LogP contribution in [-0.4, -0.2) is 55.1 Å². The largest absolute Gasteiger partial charge is 0.464 e. The molecule has 2 rings (SSSR count). The van der Waals surface area contributed by atoms with Gasteiger partial charge in [-0.2, -0.15) is 20.2 Å². The Bertz CT molecular complexity index is 680. The molecular weight excluding hydrogens is 334 g/mol. The van der Waals surface area contributed by atoms with Gasteiger partial charge >= 0.3 is 16.2 Å². The van der Waals surface area contributed by atoms with Crippen molar-refractivity contribution in [2.45, 2.75) is 0 Å². The molecule has 0 aromatic carbocycles. The van der Waals surface area contributed by atoms with Gasteiger partial charge in [0.25, 0.3) is 0 Å². The van der Waals surface area contributed by atoms with Crippen molar-refractivity contribution in [3.8, 4) is 0 Å². The summed E-state index contributed by atoms with van der Waals surface area (Å²) < 4.78 is 33.9. The van der Waals surface area contributed by atoms with E-state index in [1.165, 1.54) is 36.3 Å². The van der Waals surface area contributed by atoms with Gasteiger partial charge in [-0.15, -0.1) is 15.7 Å². The Morgan fingerprint density at radius 3 is 2.86 bits per heavy atom. The van der Waals surface area contributed by atoms with Gasteiger partial charge in [0.05, 0.1) is 7.11 Å². The molecule has 2 heterocycles. The number of allylic oxidation sites excluding steroid dienone is 1. The van der Waals surface area contributed by atoms with Crippen LogP contribution in [0.5, 0.6) is 0 Å². The Labute approximate surface area is 130 Å². The Morgan fingerprint density at radius 2 is 2.29 bits per heavy atom. The van der Waals surface area contributed by atoms with Gasteiger partial charge in [0.15, 0.2) is 0 Å². The molecule has 0 spiro atoms. The van der Waals surface area contributed by atoms with Crippen LogP contribution in [0.3, 0.4) is 0 Å². The minimum atomic E-state index is -3.97. The lowest BCUT2D eigenvalue weighted by Crippen LogP contribution is -2.38. The van der Waals surface area contributed by atoms with Crippen molar-refractivity contribution in [1.29, 1.82) is 0 Å². The number of hydrogen-bond acceptors (Lipinski definition) is 7. The molecule has 0 N–H and O–H groups in total. The van der Waals surface area contributed by atoms with Gasteiger partial charge in [-0.3, -0.25) is 0 Å². The van der Waals surface area contributed by atoms with E-state index in [1.807, 2.05) is 6.26 Å². The predicted octanol–water partition coefficient (Wildman–Crippen LogP) is 0.912. The molecule has 1 aliphatic rings. The molecule has 0 saturated heterocycles. The summed E-state index contributed by atoms with van der Waals surface area (Å²) in [6, 6.07) is 0. The van der Waals surface area contributed by atoms with Crippen LogP contribution in [0, 0.1) is 0 Å². The lowest BCUT2D eigenvalue weighted by atomic mass is 10.3. The molecule has 21 heavy (non-hydrogen) atoms. The summed E-state index contributed by atoms with van der Waals surface area (Å²) in [5.74, 6) is -0.181. The molecule has 0 unspecified atom stereocenters. The summed E-state index contributed by atoms with van der Waals surface area (Å²) in [6.45, 7) is 0.152. The lowest BCUT2D eigenvalue weighted by Gasteiger charge is -2.25. The Morgan fingerprint density at radius 1 is 1.52 bits per heavy atom. The second-order valence-electron chi connectivity index (χ2n) is 3.88. The summed E-state index contributed by atoms with van der Waals surface area (Å²) in [5, 5.41) is 2.14. The number of esters is 1. The molecule has 1 aliphatic heterocycles. The van der Waals surface area contributed by atoms with E-state index in [-0.39, 0.29) is 18.0 Å². The zero-order valence-electron chi connectivity index (χ0n) is 11.3. The van der Waals surface area contributed by atoms with E-state index in [0.717, 1.165) is 4.31 Å². The van der Waals surface area contributed by atoms with E-state index in [2.05, 4.69) is 14.1 Å². The van der Waals surface area contributed by atoms with Gasteiger partial charge in [0.1, 0.15) is 16.4 Å².